The summed E-state index contributed by atoms with van der Waals surface area (Å²) in [6.45, 7) is 14.6. The number of nitrogens with zero attached hydrogens (tertiary/aromatic N) is 1. The Labute approximate surface area is 274 Å². The maximum atomic E-state index is 14.2. The van der Waals surface area contributed by atoms with Crippen molar-refractivity contribution in [3.05, 3.63) is 58.7 Å². The lowest BCUT2D eigenvalue weighted by molar-refractivity contribution is -0.313. The number of aliphatic hydroxyl groups is 2. The van der Waals surface area contributed by atoms with Crippen molar-refractivity contribution in [2.45, 2.75) is 122 Å². The van der Waals surface area contributed by atoms with Crippen LogP contribution < -0.4 is 0 Å². The van der Waals surface area contributed by atoms with Gasteiger partial charge in [-0.05, 0) is 62.2 Å². The molecule has 5 rings (SSSR count). The van der Waals surface area contributed by atoms with Crippen LogP contribution in [0.15, 0.2) is 63.9 Å². The van der Waals surface area contributed by atoms with Gasteiger partial charge >= 0.3 is 5.97 Å². The van der Waals surface area contributed by atoms with Gasteiger partial charge in [-0.2, -0.15) is 0 Å². The summed E-state index contributed by atoms with van der Waals surface area (Å²) in [5.41, 5.74) is 2.54. The van der Waals surface area contributed by atoms with E-state index in [0.717, 1.165) is 17.7 Å². The fourth-order valence-electron chi connectivity index (χ4n) is 7.94. The van der Waals surface area contributed by atoms with Crippen LogP contribution in [-0.2, 0) is 28.6 Å². The summed E-state index contributed by atoms with van der Waals surface area (Å²) in [6, 6.07) is 0. The van der Waals surface area contributed by atoms with Gasteiger partial charge in [0.1, 0.15) is 36.9 Å². The summed E-state index contributed by atoms with van der Waals surface area (Å²) in [6.07, 6.45) is 11.4. The van der Waals surface area contributed by atoms with Crippen molar-refractivity contribution in [2.75, 3.05) is 13.7 Å². The summed E-state index contributed by atoms with van der Waals surface area (Å²) < 4.78 is 26.0. The first-order valence-corrected chi connectivity index (χ1v) is 16.8. The number of allylic oxidation sites excluding steroid dienone is 5. The molecule has 4 aliphatic heterocycles. The molecule has 1 aliphatic carbocycles. The molecule has 0 amide bonds. The lowest BCUT2D eigenvalue weighted by atomic mass is 9.71. The quantitative estimate of drug-likeness (QED) is 0.229. The van der Waals surface area contributed by atoms with E-state index in [1.54, 1.807) is 20.1 Å². The minimum atomic E-state index is -1.74. The minimum Gasteiger partial charge on any atom is -0.462 e. The van der Waals surface area contributed by atoms with Gasteiger partial charge in [0.2, 0.25) is 0 Å². The summed E-state index contributed by atoms with van der Waals surface area (Å²) in [7, 11) is 1.55. The summed E-state index contributed by atoms with van der Waals surface area (Å²) in [4.78, 5) is 19.4. The van der Waals surface area contributed by atoms with Crippen LogP contribution in [0.4, 0.5) is 0 Å². The van der Waals surface area contributed by atoms with Crippen molar-refractivity contribution in [2.24, 2.45) is 28.8 Å². The molecule has 5 aliphatic rings. The van der Waals surface area contributed by atoms with E-state index in [-0.39, 0.29) is 30.7 Å². The second-order valence-corrected chi connectivity index (χ2v) is 14.5. The van der Waals surface area contributed by atoms with Crippen molar-refractivity contribution >= 4 is 11.7 Å². The molecule has 10 atom stereocenters. The van der Waals surface area contributed by atoms with Crippen LogP contribution in [0, 0.1) is 23.7 Å². The molecule has 9 nitrogen and oxygen atoms in total. The topological polar surface area (TPSA) is 116 Å². The highest BCUT2D eigenvalue weighted by atomic mass is 16.7. The number of carbonyl (C=O) groups is 1. The normalized spacial score (nSPS) is 44.5. The van der Waals surface area contributed by atoms with Crippen LogP contribution in [0.2, 0.25) is 0 Å². The first kappa shape index (κ1) is 34.8. The number of hydrogen-bond acceptors (Lipinski definition) is 9. The molecule has 0 saturated carbocycles. The highest BCUT2D eigenvalue weighted by molar-refractivity contribution is 5.88. The molecule has 2 N–H and O–H groups in total. The summed E-state index contributed by atoms with van der Waals surface area (Å²) >= 11 is 0. The van der Waals surface area contributed by atoms with Crippen LogP contribution in [-0.4, -0.2) is 77.5 Å². The van der Waals surface area contributed by atoms with Crippen molar-refractivity contribution in [3.8, 4) is 0 Å². The van der Waals surface area contributed by atoms with Gasteiger partial charge in [-0.25, -0.2) is 0 Å². The molecule has 1 unspecified atom stereocenters. The highest BCUT2D eigenvalue weighted by Gasteiger charge is 2.60. The van der Waals surface area contributed by atoms with E-state index >= 15 is 0 Å². The molecule has 9 heteroatoms. The number of ether oxygens (including phenoxy) is 4. The van der Waals surface area contributed by atoms with Gasteiger partial charge < -0.3 is 34.0 Å². The Bertz CT molecular complexity index is 1340. The number of fused-ring (bicyclic) bond motifs is 2. The summed E-state index contributed by atoms with van der Waals surface area (Å²) in [5.74, 6) is -2.15. The van der Waals surface area contributed by atoms with Crippen molar-refractivity contribution in [1.82, 2.24) is 0 Å². The third-order valence-electron chi connectivity index (χ3n) is 10.1. The maximum Gasteiger partial charge on any atom is 0.316 e. The molecular formula is C37H53NO8. The Balaban J connectivity index is 1.55. The van der Waals surface area contributed by atoms with E-state index in [0.29, 0.717) is 42.7 Å². The minimum absolute atomic E-state index is 0.0340. The van der Waals surface area contributed by atoms with E-state index in [1.807, 2.05) is 12.2 Å². The van der Waals surface area contributed by atoms with E-state index in [2.05, 4.69) is 64.9 Å². The van der Waals surface area contributed by atoms with Crippen molar-refractivity contribution in [1.29, 1.82) is 0 Å². The Hall–Kier alpha value is -2.56. The average molecular weight is 640 g/mol. The lowest BCUT2D eigenvalue weighted by Gasteiger charge is -2.50. The second-order valence-electron chi connectivity index (χ2n) is 14.5. The zero-order valence-electron chi connectivity index (χ0n) is 28.7. The van der Waals surface area contributed by atoms with Gasteiger partial charge in [0, 0.05) is 25.2 Å². The first-order valence-electron chi connectivity index (χ1n) is 16.8. The SMILES string of the molecule is CO/N=C1\CC2(C[C@@H]3C[C@@H](C/C=C(\C)C[C@@H](C)/C=C/C=C4\CO[C@@H]5[C@H](O)C(C)=C[C@@H](C(=O)O3)[C@]45O)O2)O[C@H](/C(C)=C/C(C)C)[C@H]1C. The molecule has 46 heavy (non-hydrogen) atoms. The molecule has 3 saturated heterocycles. The molecule has 2 bridgehead atoms. The van der Waals surface area contributed by atoms with Crippen LogP contribution >= 0.6 is 0 Å². The predicted molar refractivity (Wildman–Crippen MR) is 176 cm³/mol. The largest absolute Gasteiger partial charge is 0.462 e. The Morgan fingerprint density at radius 1 is 1.20 bits per heavy atom. The van der Waals surface area contributed by atoms with E-state index in [9.17, 15) is 15.0 Å². The molecule has 4 heterocycles. The van der Waals surface area contributed by atoms with Gasteiger partial charge in [-0.15, -0.1) is 0 Å². The van der Waals surface area contributed by atoms with Gasteiger partial charge in [0.05, 0.1) is 24.5 Å². The van der Waals surface area contributed by atoms with E-state index in [4.69, 9.17) is 23.8 Å². The third-order valence-corrected chi connectivity index (χ3v) is 10.1. The molecule has 0 aromatic heterocycles. The van der Waals surface area contributed by atoms with Crippen LogP contribution in [0.3, 0.4) is 0 Å². The second kappa shape index (κ2) is 13.9. The average Bonchev–Trinajstić information content (AvgIpc) is 3.31. The number of oxime groups is 1. The molecule has 0 radical (unpaired) electrons. The zero-order chi connectivity index (χ0) is 33.4. The Morgan fingerprint density at radius 2 is 1.96 bits per heavy atom. The van der Waals surface area contributed by atoms with Crippen LogP contribution in [0.5, 0.6) is 0 Å². The maximum absolute atomic E-state index is 14.2. The molecule has 3 fully saturated rings. The number of hydrogen-bond donors (Lipinski definition) is 2. The van der Waals surface area contributed by atoms with Crippen molar-refractivity contribution < 1.29 is 38.8 Å². The van der Waals surface area contributed by atoms with Gasteiger partial charge in [-0.1, -0.05) is 74.9 Å². The standard InChI is InChI=1S/C37H53NO8/c1-21(2)14-25(6)33-26(7)31(38-42-8)19-36(46-33)18-29-17-28(45-36)13-12-23(4)15-22(3)10-9-11-27-20-43-34-32(39)24(5)16-30(35(40)44-29)37(27,34)41/h9-12,14,16,21-22,26,28-30,32-34,39,41H,13,15,17-20H2,1-8H3/b10-9+,23-12+,25-14+,27-11+,38-31+/t22-,26-,28+,29-,30-,32+,33+,34+,36?,37+/m0/s1. The van der Waals surface area contributed by atoms with E-state index < -0.39 is 41.6 Å². The van der Waals surface area contributed by atoms with Crippen molar-refractivity contribution in [3.63, 3.8) is 0 Å². The Kier molecular flexibility index (Phi) is 10.5. The van der Waals surface area contributed by atoms with Crippen LogP contribution in [0.25, 0.3) is 0 Å². The van der Waals surface area contributed by atoms with Gasteiger partial charge in [0.25, 0.3) is 0 Å². The summed E-state index contributed by atoms with van der Waals surface area (Å²) in [5, 5.41) is 27.6. The molecular weight excluding hydrogens is 586 g/mol. The number of esters is 1. The van der Waals surface area contributed by atoms with E-state index in [1.165, 1.54) is 5.57 Å². The number of aliphatic hydroxyl groups excluding tert-OH is 1. The Morgan fingerprint density at radius 3 is 2.67 bits per heavy atom. The zero-order valence-corrected chi connectivity index (χ0v) is 28.7. The molecule has 1 spiro atoms. The predicted octanol–water partition coefficient (Wildman–Crippen LogP) is 5.73. The van der Waals surface area contributed by atoms with Gasteiger partial charge in [-0.3, -0.25) is 4.79 Å². The van der Waals surface area contributed by atoms with Crippen LogP contribution in [0.1, 0.15) is 80.6 Å². The molecule has 0 aromatic carbocycles. The van der Waals surface area contributed by atoms with Gasteiger partial charge in [0.15, 0.2) is 5.79 Å². The monoisotopic (exact) mass is 639 g/mol. The number of carbonyl (C=O) groups excluding carboxylic acids is 1. The number of rotatable bonds is 3. The highest BCUT2D eigenvalue weighted by Crippen LogP contribution is 2.47. The molecule has 254 valence electrons. The fourth-order valence-corrected chi connectivity index (χ4v) is 7.94. The lowest BCUT2D eigenvalue weighted by Crippen LogP contribution is -2.59. The smallest absolute Gasteiger partial charge is 0.316 e. The third kappa shape index (κ3) is 6.99. The first-order chi connectivity index (χ1) is 21.8. The fraction of sp³-hybridized carbons (Fsp3) is 0.676. The molecule has 0 aromatic rings.